The van der Waals surface area contributed by atoms with E-state index >= 15 is 0 Å². The number of hydrogen-bond donors (Lipinski definition) is 3. The fourth-order valence-electron chi connectivity index (χ4n) is 1.99. The van der Waals surface area contributed by atoms with Gasteiger partial charge in [0.15, 0.2) is 0 Å². The van der Waals surface area contributed by atoms with E-state index in [0.29, 0.717) is 17.7 Å². The molecule has 1 heterocycles. The molecule has 0 spiro atoms. The molecule has 2 atom stereocenters. The maximum Gasteiger partial charge on any atom is 0.269 e. The number of hydrazone groups is 1. The topological polar surface area (TPSA) is 109 Å². The SMILES string of the molecule is C/C(=N\NC(=O)C1CC(C)NN1)c1ccc([N+](=O)[O-])cc1. The second kappa shape index (κ2) is 6.42. The van der Waals surface area contributed by atoms with Gasteiger partial charge in [-0.25, -0.2) is 10.9 Å². The van der Waals surface area contributed by atoms with Crippen LogP contribution in [-0.4, -0.2) is 28.6 Å². The Balaban J connectivity index is 1.97. The molecule has 1 saturated heterocycles. The third-order valence-corrected chi connectivity index (χ3v) is 3.24. The van der Waals surface area contributed by atoms with Crippen LogP contribution >= 0.6 is 0 Å². The van der Waals surface area contributed by atoms with Crippen LogP contribution in [0.3, 0.4) is 0 Å². The number of hydrogen-bond acceptors (Lipinski definition) is 6. The fourth-order valence-corrected chi connectivity index (χ4v) is 1.99. The van der Waals surface area contributed by atoms with Crippen LogP contribution in [-0.2, 0) is 4.79 Å². The molecule has 21 heavy (non-hydrogen) atoms. The van der Waals surface area contributed by atoms with Gasteiger partial charge in [0.2, 0.25) is 0 Å². The molecule has 1 fully saturated rings. The van der Waals surface area contributed by atoms with E-state index in [4.69, 9.17) is 0 Å². The van der Waals surface area contributed by atoms with Gasteiger partial charge in [0.1, 0.15) is 6.04 Å². The molecule has 1 aromatic carbocycles. The molecule has 0 aliphatic carbocycles. The molecule has 0 aromatic heterocycles. The molecule has 3 N–H and O–H groups in total. The lowest BCUT2D eigenvalue weighted by atomic mass is 10.1. The number of amides is 1. The van der Waals surface area contributed by atoms with Gasteiger partial charge in [-0.3, -0.25) is 20.3 Å². The molecule has 2 unspecified atom stereocenters. The van der Waals surface area contributed by atoms with Crippen LogP contribution in [0.5, 0.6) is 0 Å². The highest BCUT2D eigenvalue weighted by molar-refractivity contribution is 5.99. The number of carbonyl (C=O) groups excluding carboxylic acids is 1. The summed E-state index contributed by atoms with van der Waals surface area (Å²) in [5.74, 6) is -0.215. The zero-order chi connectivity index (χ0) is 15.4. The van der Waals surface area contributed by atoms with Crippen LogP contribution in [0.1, 0.15) is 25.8 Å². The number of non-ortho nitro benzene ring substituents is 1. The number of carbonyl (C=O) groups is 1. The normalized spacial score (nSPS) is 22.1. The predicted molar refractivity (Wildman–Crippen MR) is 77.6 cm³/mol. The van der Waals surface area contributed by atoms with Crippen molar-refractivity contribution in [2.45, 2.75) is 32.4 Å². The van der Waals surface area contributed by atoms with E-state index in [1.165, 1.54) is 12.1 Å². The van der Waals surface area contributed by atoms with Crippen molar-refractivity contribution in [2.75, 3.05) is 0 Å². The standard InChI is InChI=1S/C13H17N5O3/c1-8-7-12(16-14-8)13(19)17-15-9(2)10-3-5-11(6-4-10)18(20)21/h3-6,8,12,14,16H,7H2,1-2H3,(H,17,19)/b15-9+. The number of nitro groups is 1. The highest BCUT2D eigenvalue weighted by Crippen LogP contribution is 2.12. The molecular formula is C13H17N5O3. The summed E-state index contributed by atoms with van der Waals surface area (Å²) in [4.78, 5) is 22.0. The molecule has 1 amide bonds. The lowest BCUT2D eigenvalue weighted by Crippen LogP contribution is -2.41. The number of nitrogens with zero attached hydrogens (tertiary/aromatic N) is 2. The van der Waals surface area contributed by atoms with Crippen molar-refractivity contribution in [2.24, 2.45) is 5.10 Å². The maximum atomic E-state index is 11.9. The van der Waals surface area contributed by atoms with E-state index in [1.54, 1.807) is 19.1 Å². The second-order valence-electron chi connectivity index (χ2n) is 4.96. The second-order valence-corrected chi connectivity index (χ2v) is 4.96. The van der Waals surface area contributed by atoms with Gasteiger partial charge in [0.05, 0.1) is 10.6 Å². The number of hydrazine groups is 1. The first-order chi connectivity index (χ1) is 9.97. The Morgan fingerprint density at radius 2 is 2.05 bits per heavy atom. The van der Waals surface area contributed by atoms with Crippen molar-refractivity contribution in [3.63, 3.8) is 0 Å². The van der Waals surface area contributed by atoms with Gasteiger partial charge >= 0.3 is 0 Å². The maximum absolute atomic E-state index is 11.9. The van der Waals surface area contributed by atoms with Crippen LogP contribution in [0, 0.1) is 10.1 Å². The molecule has 8 nitrogen and oxygen atoms in total. The summed E-state index contributed by atoms with van der Waals surface area (Å²) in [5.41, 5.74) is 9.65. The third kappa shape index (κ3) is 3.83. The Labute approximate surface area is 121 Å². The van der Waals surface area contributed by atoms with Crippen LogP contribution < -0.4 is 16.3 Å². The molecule has 2 rings (SSSR count). The van der Waals surface area contributed by atoms with Gasteiger partial charge in [-0.2, -0.15) is 5.10 Å². The average Bonchev–Trinajstić information content (AvgIpc) is 2.91. The van der Waals surface area contributed by atoms with E-state index in [-0.39, 0.29) is 23.7 Å². The third-order valence-electron chi connectivity index (χ3n) is 3.24. The predicted octanol–water partition coefficient (Wildman–Crippen LogP) is 0.690. The Morgan fingerprint density at radius 1 is 1.38 bits per heavy atom. The minimum Gasteiger partial charge on any atom is -0.271 e. The Bertz CT molecular complexity index is 570. The fraction of sp³-hybridized carbons (Fsp3) is 0.385. The lowest BCUT2D eigenvalue weighted by molar-refractivity contribution is -0.384. The van der Waals surface area contributed by atoms with E-state index in [9.17, 15) is 14.9 Å². The lowest BCUT2D eigenvalue weighted by Gasteiger charge is -2.07. The molecule has 1 aliphatic heterocycles. The van der Waals surface area contributed by atoms with Crippen molar-refractivity contribution in [1.82, 2.24) is 16.3 Å². The van der Waals surface area contributed by atoms with Crippen LogP contribution in [0.2, 0.25) is 0 Å². The summed E-state index contributed by atoms with van der Waals surface area (Å²) in [6.07, 6.45) is 0.692. The van der Waals surface area contributed by atoms with Gasteiger partial charge in [-0.1, -0.05) is 0 Å². The highest BCUT2D eigenvalue weighted by Gasteiger charge is 2.26. The van der Waals surface area contributed by atoms with Gasteiger partial charge in [0.25, 0.3) is 11.6 Å². The van der Waals surface area contributed by atoms with Crippen molar-refractivity contribution in [1.29, 1.82) is 0 Å². The van der Waals surface area contributed by atoms with Crippen LogP contribution in [0.4, 0.5) is 5.69 Å². The minimum absolute atomic E-state index is 0.0193. The molecular weight excluding hydrogens is 274 g/mol. The van der Waals surface area contributed by atoms with E-state index < -0.39 is 4.92 Å². The van der Waals surface area contributed by atoms with E-state index in [0.717, 1.165) is 0 Å². The van der Waals surface area contributed by atoms with Gasteiger partial charge < -0.3 is 0 Å². The molecule has 8 heteroatoms. The van der Waals surface area contributed by atoms with Gasteiger partial charge in [-0.15, -0.1) is 0 Å². The first kappa shape index (κ1) is 15.1. The van der Waals surface area contributed by atoms with Gasteiger partial charge in [-0.05, 0) is 38.0 Å². The number of rotatable bonds is 4. The minimum atomic E-state index is -0.460. The summed E-state index contributed by atoms with van der Waals surface area (Å²) in [7, 11) is 0. The zero-order valence-electron chi connectivity index (χ0n) is 11.8. The number of benzene rings is 1. The smallest absolute Gasteiger partial charge is 0.269 e. The average molecular weight is 291 g/mol. The van der Waals surface area contributed by atoms with Crippen molar-refractivity contribution >= 4 is 17.3 Å². The Hall–Kier alpha value is -2.32. The van der Waals surface area contributed by atoms with Crippen molar-refractivity contribution in [3.05, 3.63) is 39.9 Å². The highest BCUT2D eigenvalue weighted by atomic mass is 16.6. The monoisotopic (exact) mass is 291 g/mol. The van der Waals surface area contributed by atoms with Gasteiger partial charge in [0, 0.05) is 18.2 Å². The summed E-state index contributed by atoms with van der Waals surface area (Å²) in [6.45, 7) is 3.70. The van der Waals surface area contributed by atoms with Crippen LogP contribution in [0.25, 0.3) is 0 Å². The molecule has 0 radical (unpaired) electrons. The Morgan fingerprint density at radius 3 is 2.57 bits per heavy atom. The first-order valence-electron chi connectivity index (χ1n) is 6.57. The summed E-state index contributed by atoms with van der Waals surface area (Å²) in [6, 6.07) is 5.93. The summed E-state index contributed by atoms with van der Waals surface area (Å²) < 4.78 is 0. The van der Waals surface area contributed by atoms with E-state index in [2.05, 4.69) is 21.4 Å². The van der Waals surface area contributed by atoms with Crippen LogP contribution in [0.15, 0.2) is 29.4 Å². The summed E-state index contributed by atoms with van der Waals surface area (Å²) >= 11 is 0. The number of nitrogens with one attached hydrogen (secondary N) is 3. The zero-order valence-corrected chi connectivity index (χ0v) is 11.8. The molecule has 0 bridgehead atoms. The van der Waals surface area contributed by atoms with E-state index in [1.807, 2.05) is 6.92 Å². The first-order valence-corrected chi connectivity index (χ1v) is 6.57. The molecule has 1 aliphatic rings. The quantitative estimate of drug-likeness (QED) is 0.429. The Kier molecular flexibility index (Phi) is 4.61. The number of nitro benzene ring substituents is 1. The molecule has 0 saturated carbocycles. The molecule has 1 aromatic rings. The largest absolute Gasteiger partial charge is 0.271 e. The molecule has 112 valence electrons. The summed E-state index contributed by atoms with van der Waals surface area (Å²) in [5, 5.41) is 14.6. The van der Waals surface area contributed by atoms with Crippen molar-refractivity contribution < 1.29 is 9.72 Å². The van der Waals surface area contributed by atoms with Crippen molar-refractivity contribution in [3.8, 4) is 0 Å².